The van der Waals surface area contributed by atoms with Gasteiger partial charge in [0.2, 0.25) is 5.91 Å². The Morgan fingerprint density at radius 1 is 0.970 bits per heavy atom. The first-order chi connectivity index (χ1) is 16.0. The fraction of sp³-hybridized carbons (Fsp3) is 0.208. The van der Waals surface area contributed by atoms with E-state index >= 15 is 0 Å². The van der Waals surface area contributed by atoms with Gasteiger partial charge in [0.25, 0.3) is 10.0 Å². The van der Waals surface area contributed by atoms with Crippen molar-refractivity contribution in [2.45, 2.75) is 11.4 Å². The van der Waals surface area contributed by atoms with Crippen LogP contribution < -0.4 is 23.8 Å². The number of amides is 1. The van der Waals surface area contributed by atoms with Crippen molar-refractivity contribution >= 4 is 21.6 Å². The van der Waals surface area contributed by atoms with Gasteiger partial charge in [0, 0.05) is 18.2 Å². The van der Waals surface area contributed by atoms with Gasteiger partial charge in [-0.05, 0) is 30.3 Å². The van der Waals surface area contributed by atoms with Crippen molar-refractivity contribution in [3.05, 3.63) is 78.4 Å². The van der Waals surface area contributed by atoms with Gasteiger partial charge in [-0.25, -0.2) is 8.42 Å². The maximum Gasteiger partial charge on any atom is 0.264 e. The van der Waals surface area contributed by atoms with Crippen LogP contribution >= 0.6 is 0 Å². The first-order valence-corrected chi connectivity index (χ1v) is 11.8. The number of hydrogen-bond donors (Lipinski definition) is 1. The molecule has 1 aliphatic heterocycles. The number of ether oxygens (including phenoxy) is 3. The fourth-order valence-electron chi connectivity index (χ4n) is 3.45. The number of hydrogen-bond acceptors (Lipinski definition) is 6. The first-order valence-electron chi connectivity index (χ1n) is 10.3. The SMILES string of the molecule is COc1ccccc1CNC(=O)CN(c1ccc2c(c1)OCCO2)S(=O)(=O)c1ccccc1. The molecule has 0 aromatic heterocycles. The molecule has 0 bridgehead atoms. The Balaban J connectivity index is 1.61. The number of nitrogens with one attached hydrogen (secondary N) is 1. The monoisotopic (exact) mass is 468 g/mol. The van der Waals surface area contributed by atoms with Crippen LogP contribution in [0.3, 0.4) is 0 Å². The normalized spacial score (nSPS) is 12.6. The molecule has 1 aliphatic rings. The summed E-state index contributed by atoms with van der Waals surface area (Å²) in [5.74, 6) is 1.14. The van der Waals surface area contributed by atoms with E-state index in [0.29, 0.717) is 36.1 Å². The molecule has 4 rings (SSSR count). The molecule has 0 fully saturated rings. The van der Waals surface area contributed by atoms with E-state index in [0.717, 1.165) is 9.87 Å². The standard InChI is InChI=1S/C24H24N2O6S/c1-30-21-10-6-5-7-18(21)16-25-24(27)17-26(33(28,29)20-8-3-2-4-9-20)19-11-12-22-23(15-19)32-14-13-31-22/h2-12,15H,13-14,16-17H2,1H3,(H,25,27). The zero-order valence-electron chi connectivity index (χ0n) is 18.1. The number of benzene rings is 3. The molecule has 3 aromatic rings. The third-order valence-corrected chi connectivity index (χ3v) is 6.89. The van der Waals surface area contributed by atoms with Crippen molar-refractivity contribution in [2.75, 3.05) is 31.2 Å². The van der Waals surface area contributed by atoms with E-state index in [1.54, 1.807) is 49.6 Å². The molecule has 33 heavy (non-hydrogen) atoms. The number of carbonyl (C=O) groups excluding carboxylic acids is 1. The molecule has 1 heterocycles. The highest BCUT2D eigenvalue weighted by Gasteiger charge is 2.28. The summed E-state index contributed by atoms with van der Waals surface area (Å²) < 4.78 is 44.4. The summed E-state index contributed by atoms with van der Waals surface area (Å²) >= 11 is 0. The fourth-order valence-corrected chi connectivity index (χ4v) is 4.88. The van der Waals surface area contributed by atoms with Crippen LogP contribution in [-0.4, -0.2) is 41.2 Å². The molecule has 0 saturated carbocycles. The average Bonchev–Trinajstić information content (AvgIpc) is 2.86. The predicted molar refractivity (Wildman–Crippen MR) is 123 cm³/mol. The average molecular weight is 469 g/mol. The van der Waals surface area contributed by atoms with Gasteiger partial charge < -0.3 is 19.5 Å². The molecule has 8 nitrogen and oxygen atoms in total. The predicted octanol–water partition coefficient (Wildman–Crippen LogP) is 2.98. The van der Waals surface area contributed by atoms with Crippen LogP contribution in [0.1, 0.15) is 5.56 Å². The second-order valence-electron chi connectivity index (χ2n) is 7.24. The number of nitrogens with zero attached hydrogens (tertiary/aromatic N) is 1. The molecule has 1 N–H and O–H groups in total. The summed E-state index contributed by atoms with van der Waals surface area (Å²) in [5.41, 5.74) is 1.08. The van der Waals surface area contributed by atoms with Crippen LogP contribution in [0.25, 0.3) is 0 Å². The number of anilines is 1. The van der Waals surface area contributed by atoms with Crippen molar-refractivity contribution in [1.29, 1.82) is 0 Å². The number of para-hydroxylation sites is 1. The Bertz CT molecular complexity index is 1230. The second kappa shape index (κ2) is 9.83. The van der Waals surface area contributed by atoms with E-state index in [1.165, 1.54) is 12.1 Å². The van der Waals surface area contributed by atoms with Crippen molar-refractivity contribution in [3.63, 3.8) is 0 Å². The van der Waals surface area contributed by atoms with Gasteiger partial charge in [0.1, 0.15) is 25.5 Å². The maximum atomic E-state index is 13.5. The van der Waals surface area contributed by atoms with E-state index in [2.05, 4.69) is 5.32 Å². The minimum absolute atomic E-state index is 0.0809. The highest BCUT2D eigenvalue weighted by atomic mass is 32.2. The van der Waals surface area contributed by atoms with Gasteiger partial charge in [0.05, 0.1) is 17.7 Å². The summed E-state index contributed by atoms with van der Waals surface area (Å²) in [6.07, 6.45) is 0. The summed E-state index contributed by atoms with van der Waals surface area (Å²) in [6, 6.07) is 20.1. The minimum atomic E-state index is -4.02. The van der Waals surface area contributed by atoms with Gasteiger partial charge in [-0.1, -0.05) is 36.4 Å². The van der Waals surface area contributed by atoms with Crippen LogP contribution in [0.5, 0.6) is 17.2 Å². The molecule has 0 spiro atoms. The molecular formula is C24H24N2O6S. The van der Waals surface area contributed by atoms with Gasteiger partial charge in [-0.3, -0.25) is 9.10 Å². The van der Waals surface area contributed by atoms with E-state index < -0.39 is 22.5 Å². The third kappa shape index (κ3) is 5.04. The van der Waals surface area contributed by atoms with Gasteiger partial charge in [0.15, 0.2) is 11.5 Å². The molecule has 172 valence electrons. The van der Waals surface area contributed by atoms with Crippen molar-refractivity contribution < 1.29 is 27.4 Å². The van der Waals surface area contributed by atoms with Crippen LogP contribution in [0.4, 0.5) is 5.69 Å². The van der Waals surface area contributed by atoms with Crippen molar-refractivity contribution in [3.8, 4) is 17.2 Å². The topological polar surface area (TPSA) is 94.2 Å². The van der Waals surface area contributed by atoms with Crippen LogP contribution in [-0.2, 0) is 21.4 Å². The lowest BCUT2D eigenvalue weighted by atomic mass is 10.2. The Labute approximate surface area is 192 Å². The van der Waals surface area contributed by atoms with Crippen LogP contribution in [0.15, 0.2) is 77.7 Å². The van der Waals surface area contributed by atoms with E-state index in [4.69, 9.17) is 14.2 Å². The summed E-state index contributed by atoms with van der Waals surface area (Å²) in [6.45, 7) is 0.570. The Morgan fingerprint density at radius 3 is 2.42 bits per heavy atom. The quantitative estimate of drug-likeness (QED) is 0.546. The van der Waals surface area contributed by atoms with Gasteiger partial charge in [-0.2, -0.15) is 0 Å². The smallest absolute Gasteiger partial charge is 0.264 e. The Kier molecular flexibility index (Phi) is 6.69. The number of sulfonamides is 1. The zero-order valence-corrected chi connectivity index (χ0v) is 18.9. The lowest BCUT2D eigenvalue weighted by Crippen LogP contribution is -2.40. The molecule has 0 unspecified atom stereocenters. The van der Waals surface area contributed by atoms with Crippen molar-refractivity contribution in [1.82, 2.24) is 5.32 Å². The van der Waals surface area contributed by atoms with E-state index in [9.17, 15) is 13.2 Å². The first kappa shape index (κ1) is 22.5. The van der Waals surface area contributed by atoms with E-state index in [-0.39, 0.29) is 11.4 Å². The maximum absolute atomic E-state index is 13.5. The molecule has 9 heteroatoms. The highest BCUT2D eigenvalue weighted by molar-refractivity contribution is 7.92. The number of methoxy groups -OCH3 is 1. The zero-order chi connectivity index (χ0) is 23.3. The van der Waals surface area contributed by atoms with E-state index in [1.807, 2.05) is 18.2 Å². The molecule has 0 saturated heterocycles. The van der Waals surface area contributed by atoms with Crippen LogP contribution in [0, 0.1) is 0 Å². The highest BCUT2D eigenvalue weighted by Crippen LogP contribution is 2.35. The second-order valence-corrected chi connectivity index (χ2v) is 9.10. The molecule has 0 aliphatic carbocycles. The molecule has 0 radical (unpaired) electrons. The molecule has 0 atom stereocenters. The van der Waals surface area contributed by atoms with Crippen molar-refractivity contribution in [2.24, 2.45) is 0 Å². The third-order valence-electron chi connectivity index (χ3n) is 5.10. The summed E-state index contributed by atoms with van der Waals surface area (Å²) in [7, 11) is -2.47. The lowest BCUT2D eigenvalue weighted by molar-refractivity contribution is -0.119. The molecular weight excluding hydrogens is 444 g/mol. The Hall–Kier alpha value is -3.72. The number of rotatable bonds is 8. The van der Waals surface area contributed by atoms with Crippen LogP contribution in [0.2, 0.25) is 0 Å². The minimum Gasteiger partial charge on any atom is -0.496 e. The number of carbonyl (C=O) groups is 1. The van der Waals surface area contributed by atoms with Gasteiger partial charge >= 0.3 is 0 Å². The van der Waals surface area contributed by atoms with Gasteiger partial charge in [-0.15, -0.1) is 0 Å². The molecule has 3 aromatic carbocycles. The summed E-state index contributed by atoms with van der Waals surface area (Å²) in [4.78, 5) is 12.9. The number of fused-ring (bicyclic) bond motifs is 1. The largest absolute Gasteiger partial charge is 0.496 e. The summed E-state index contributed by atoms with van der Waals surface area (Å²) in [5, 5.41) is 2.78. The molecule has 1 amide bonds. The lowest BCUT2D eigenvalue weighted by Gasteiger charge is -2.26. The Morgan fingerprint density at radius 2 is 1.67 bits per heavy atom.